The Morgan fingerprint density at radius 3 is 2.69 bits per heavy atom. The van der Waals surface area contributed by atoms with Crippen molar-refractivity contribution in [1.29, 1.82) is 0 Å². The van der Waals surface area contributed by atoms with Gasteiger partial charge in [0.25, 0.3) is 0 Å². The van der Waals surface area contributed by atoms with Gasteiger partial charge < -0.3 is 34.0 Å². The highest BCUT2D eigenvalue weighted by Crippen LogP contribution is 2.82. The fourth-order valence-corrected chi connectivity index (χ4v) is 10.1. The molecule has 0 unspecified atom stereocenters. The van der Waals surface area contributed by atoms with Crippen LogP contribution in [0.1, 0.15) is 46.5 Å². The Hall–Kier alpha value is -1.36. The average molecular weight is 505 g/mol. The molecular formula is C27H36O9. The number of aliphatic hydroxyl groups excluding tert-OH is 1. The molecule has 0 aromatic heterocycles. The molecule has 0 radical (unpaired) electrons. The van der Waals surface area contributed by atoms with Crippen molar-refractivity contribution < 1.29 is 43.5 Å². The molecule has 8 bridgehead atoms. The molecule has 8 aliphatic rings. The molecule has 3 saturated carbocycles. The van der Waals surface area contributed by atoms with Crippen molar-refractivity contribution in [1.82, 2.24) is 0 Å². The van der Waals surface area contributed by atoms with Gasteiger partial charge in [-0.2, -0.15) is 0 Å². The summed E-state index contributed by atoms with van der Waals surface area (Å²) in [6.07, 6.45) is 2.59. The van der Waals surface area contributed by atoms with Gasteiger partial charge in [0.05, 0.1) is 12.0 Å². The topological polar surface area (TPSA) is 121 Å². The standard InChI is InChI=1S/C27H36O9/c1-12(2)17-7-14-8-24(10-28)16-6-5-13(3)15(16)9-25(14,26(17,24)23(30)31)11-33-27-21(29)19-18(32-4)20(35-27)22(34-19)36-27/h7,10,12-16,18-22,29H,5-6,8-9,11H2,1-4H3,(H,30,31)/t13-,14-,15-,16-,18-,19+,20+,21-,22+,24+,25+,26+,27-/m1/s1. The quantitative estimate of drug-likeness (QED) is 0.397. The van der Waals surface area contributed by atoms with Crippen LogP contribution in [0.3, 0.4) is 0 Å². The summed E-state index contributed by atoms with van der Waals surface area (Å²) >= 11 is 0. The zero-order chi connectivity index (χ0) is 25.4. The lowest BCUT2D eigenvalue weighted by atomic mass is 9.43. The van der Waals surface area contributed by atoms with Gasteiger partial charge >= 0.3 is 11.9 Å². The second-order valence-corrected chi connectivity index (χ2v) is 12.7. The summed E-state index contributed by atoms with van der Waals surface area (Å²) in [6, 6.07) is 0. The largest absolute Gasteiger partial charge is 0.481 e. The lowest BCUT2D eigenvalue weighted by Crippen LogP contribution is -2.66. The molecule has 9 heteroatoms. The summed E-state index contributed by atoms with van der Waals surface area (Å²) in [5.41, 5.74) is -2.31. The first-order valence-electron chi connectivity index (χ1n) is 13.4. The van der Waals surface area contributed by atoms with Crippen molar-refractivity contribution >= 4 is 12.3 Å². The van der Waals surface area contributed by atoms with E-state index in [-0.39, 0.29) is 30.3 Å². The minimum Gasteiger partial charge on any atom is -0.481 e. The number of fused-ring (bicyclic) bond motifs is 2. The van der Waals surface area contributed by atoms with Crippen LogP contribution in [-0.2, 0) is 33.3 Å². The first-order chi connectivity index (χ1) is 17.1. The lowest BCUT2D eigenvalue weighted by Gasteiger charge is -2.58. The number of carbonyl (C=O) groups excluding carboxylic acids is 1. The molecule has 0 amide bonds. The molecule has 9 nitrogen and oxygen atoms in total. The fraction of sp³-hybridized carbons (Fsp3) is 0.852. The third-order valence-electron chi connectivity index (χ3n) is 11.4. The summed E-state index contributed by atoms with van der Waals surface area (Å²) in [5, 5.41) is 22.2. The monoisotopic (exact) mass is 504 g/mol. The number of ether oxygens (including phenoxy) is 5. The molecule has 4 saturated heterocycles. The Kier molecular flexibility index (Phi) is 4.74. The van der Waals surface area contributed by atoms with Crippen LogP contribution in [0.2, 0.25) is 0 Å². The molecule has 4 aliphatic carbocycles. The van der Waals surface area contributed by atoms with Gasteiger partial charge in [-0.25, -0.2) is 0 Å². The fourth-order valence-electron chi connectivity index (χ4n) is 10.1. The Morgan fingerprint density at radius 2 is 2.03 bits per heavy atom. The van der Waals surface area contributed by atoms with Crippen molar-refractivity contribution in [3.05, 3.63) is 11.6 Å². The second kappa shape index (κ2) is 7.18. The lowest BCUT2D eigenvalue weighted by molar-refractivity contribution is -0.448. The zero-order valence-electron chi connectivity index (χ0n) is 21.2. The van der Waals surface area contributed by atoms with E-state index in [1.54, 1.807) is 0 Å². The van der Waals surface area contributed by atoms with Crippen LogP contribution in [0.15, 0.2) is 11.6 Å². The van der Waals surface area contributed by atoms with Crippen LogP contribution >= 0.6 is 0 Å². The van der Waals surface area contributed by atoms with E-state index in [1.807, 2.05) is 13.8 Å². The van der Waals surface area contributed by atoms with E-state index in [2.05, 4.69) is 13.0 Å². The van der Waals surface area contributed by atoms with Gasteiger partial charge in [-0.05, 0) is 48.9 Å². The highest BCUT2D eigenvalue weighted by Gasteiger charge is 2.85. The van der Waals surface area contributed by atoms with Gasteiger partial charge in [-0.3, -0.25) is 9.53 Å². The molecule has 8 rings (SSSR count). The highest BCUT2D eigenvalue weighted by atomic mass is 17.0. The summed E-state index contributed by atoms with van der Waals surface area (Å²) in [6.45, 7) is 6.27. The minimum absolute atomic E-state index is 0.0169. The smallest absolute Gasteiger partial charge is 0.316 e. The van der Waals surface area contributed by atoms with Crippen molar-refractivity contribution in [2.75, 3.05) is 13.7 Å². The normalized spacial score (nSPS) is 57.5. The second-order valence-electron chi connectivity index (χ2n) is 12.7. The highest BCUT2D eigenvalue weighted by molar-refractivity contribution is 5.90. The number of aliphatic carboxylic acids is 1. The number of carbonyl (C=O) groups is 2. The van der Waals surface area contributed by atoms with E-state index in [9.17, 15) is 19.8 Å². The maximum absolute atomic E-state index is 13.6. The van der Waals surface area contributed by atoms with Crippen molar-refractivity contribution in [2.45, 2.75) is 83.1 Å². The Morgan fingerprint density at radius 1 is 1.25 bits per heavy atom. The number of carboxylic acids is 1. The van der Waals surface area contributed by atoms with Crippen molar-refractivity contribution in [3.63, 3.8) is 0 Å². The predicted octanol–water partition coefficient (Wildman–Crippen LogP) is 2.11. The van der Waals surface area contributed by atoms with Gasteiger partial charge in [0.2, 0.25) is 0 Å². The molecule has 36 heavy (non-hydrogen) atoms. The molecule has 7 fully saturated rings. The summed E-state index contributed by atoms with van der Waals surface area (Å²) in [7, 11) is 1.54. The van der Waals surface area contributed by atoms with Crippen LogP contribution in [-0.4, -0.2) is 72.9 Å². The van der Waals surface area contributed by atoms with E-state index in [0.717, 1.165) is 24.7 Å². The molecule has 2 N–H and O–H groups in total. The van der Waals surface area contributed by atoms with Crippen LogP contribution in [0, 0.1) is 45.8 Å². The van der Waals surface area contributed by atoms with Gasteiger partial charge in [0, 0.05) is 12.5 Å². The Balaban J connectivity index is 1.32. The van der Waals surface area contributed by atoms with Gasteiger partial charge in [0.1, 0.15) is 30.0 Å². The van der Waals surface area contributed by atoms with Gasteiger partial charge in [-0.1, -0.05) is 38.8 Å². The Labute approximate surface area is 210 Å². The number of methoxy groups -OCH3 is 1. The van der Waals surface area contributed by atoms with Crippen molar-refractivity contribution in [3.8, 4) is 0 Å². The van der Waals surface area contributed by atoms with E-state index < -0.39 is 58.9 Å². The van der Waals surface area contributed by atoms with E-state index in [0.29, 0.717) is 18.8 Å². The molecule has 0 aromatic carbocycles. The molecule has 4 aliphatic heterocycles. The Bertz CT molecular complexity index is 1040. The van der Waals surface area contributed by atoms with Crippen LogP contribution in [0.4, 0.5) is 0 Å². The predicted molar refractivity (Wildman–Crippen MR) is 122 cm³/mol. The van der Waals surface area contributed by atoms with E-state index in [4.69, 9.17) is 23.7 Å². The molecular weight excluding hydrogens is 468 g/mol. The number of allylic oxidation sites excluding steroid dienone is 1. The van der Waals surface area contributed by atoms with Crippen molar-refractivity contribution in [2.24, 2.45) is 45.8 Å². The molecule has 4 heterocycles. The van der Waals surface area contributed by atoms with Crippen LogP contribution in [0.25, 0.3) is 0 Å². The first kappa shape index (κ1) is 23.7. The maximum Gasteiger partial charge on any atom is 0.316 e. The van der Waals surface area contributed by atoms with E-state index >= 15 is 0 Å². The number of hydrogen-bond donors (Lipinski definition) is 2. The first-order valence-corrected chi connectivity index (χ1v) is 13.4. The third-order valence-corrected chi connectivity index (χ3v) is 11.4. The summed E-state index contributed by atoms with van der Waals surface area (Å²) < 4.78 is 29.7. The average Bonchev–Trinajstić information content (AvgIpc) is 3.57. The number of carboxylic acid groups (broad SMARTS) is 1. The molecule has 13 atom stereocenters. The number of aldehydes is 1. The van der Waals surface area contributed by atoms with Gasteiger partial charge in [-0.15, -0.1) is 0 Å². The maximum atomic E-state index is 13.6. The third kappa shape index (κ3) is 2.28. The number of rotatable bonds is 7. The zero-order valence-corrected chi connectivity index (χ0v) is 21.2. The molecule has 0 aromatic rings. The van der Waals surface area contributed by atoms with Crippen LogP contribution < -0.4 is 0 Å². The summed E-state index contributed by atoms with van der Waals surface area (Å²) in [4.78, 5) is 26.7. The van der Waals surface area contributed by atoms with E-state index in [1.165, 1.54) is 7.11 Å². The van der Waals surface area contributed by atoms with Gasteiger partial charge in [0.15, 0.2) is 12.4 Å². The number of hydrogen-bond acceptors (Lipinski definition) is 8. The molecule has 0 spiro atoms. The summed E-state index contributed by atoms with van der Waals surface area (Å²) in [5.74, 6) is -2.10. The van der Waals surface area contributed by atoms with Crippen LogP contribution in [0.5, 0.6) is 0 Å². The minimum atomic E-state index is -1.73. The number of aliphatic hydroxyl groups is 1. The SMILES string of the molecule is CO[C@H]1[C@@H]2O[C@@]3(OC[C@@]45C[C@@H]6[C@H](C)CC[C@H]6[C@@]6(C=O)C[C@H]4C=C(C(C)C)[C@@]56C(=O)O)O[C@@H]2O[C@@H]1[C@H]3O. The molecule has 198 valence electrons.